The number of hydrogen-bond donors (Lipinski definition) is 0. The fraction of sp³-hybridized carbons (Fsp3) is 0.647. The van der Waals surface area contributed by atoms with Gasteiger partial charge in [-0.3, -0.25) is 0 Å². The fourth-order valence-corrected chi connectivity index (χ4v) is 2.64. The molecule has 0 amide bonds. The van der Waals surface area contributed by atoms with E-state index >= 15 is 0 Å². The standard InChI is InChI=1S/C17H26O3/c1-5-9-19-15-8-7-13(11-16(15)18-4)10-12(3)17-14(6-2)20-17/h7-8,11-12,14,17H,5-6,9-10H2,1-4H3. The highest BCUT2D eigenvalue weighted by Gasteiger charge is 2.40. The number of epoxide rings is 1. The van der Waals surface area contributed by atoms with Crippen LogP contribution in [0, 0.1) is 5.92 Å². The van der Waals surface area contributed by atoms with Crippen molar-refractivity contribution >= 4 is 0 Å². The molecule has 3 heteroatoms. The first-order chi connectivity index (χ1) is 9.69. The molecule has 3 nitrogen and oxygen atoms in total. The van der Waals surface area contributed by atoms with Crippen LogP contribution in [0.5, 0.6) is 11.5 Å². The summed E-state index contributed by atoms with van der Waals surface area (Å²) in [5.41, 5.74) is 1.28. The van der Waals surface area contributed by atoms with Gasteiger partial charge in [0.05, 0.1) is 25.9 Å². The molecule has 0 radical (unpaired) electrons. The van der Waals surface area contributed by atoms with E-state index in [0.29, 0.717) is 18.1 Å². The third kappa shape index (κ3) is 3.66. The van der Waals surface area contributed by atoms with Gasteiger partial charge in [0, 0.05) is 0 Å². The van der Waals surface area contributed by atoms with Gasteiger partial charge in [0.2, 0.25) is 0 Å². The van der Waals surface area contributed by atoms with Crippen molar-refractivity contribution in [1.82, 2.24) is 0 Å². The van der Waals surface area contributed by atoms with Gasteiger partial charge >= 0.3 is 0 Å². The summed E-state index contributed by atoms with van der Waals surface area (Å²) in [5, 5.41) is 0. The molecular weight excluding hydrogens is 252 g/mol. The molecule has 3 unspecified atom stereocenters. The first-order valence-electron chi connectivity index (χ1n) is 7.64. The molecule has 1 aliphatic rings. The van der Waals surface area contributed by atoms with Crippen LogP contribution in [0.4, 0.5) is 0 Å². The van der Waals surface area contributed by atoms with Crippen molar-refractivity contribution < 1.29 is 14.2 Å². The Morgan fingerprint density at radius 2 is 2.05 bits per heavy atom. The van der Waals surface area contributed by atoms with Crippen molar-refractivity contribution in [1.29, 1.82) is 0 Å². The van der Waals surface area contributed by atoms with Crippen LogP contribution in [-0.2, 0) is 11.2 Å². The SMILES string of the molecule is CCCOc1ccc(CC(C)C2OC2CC)cc1OC. The molecule has 0 aliphatic carbocycles. The van der Waals surface area contributed by atoms with Crippen LogP contribution in [-0.4, -0.2) is 25.9 Å². The maximum atomic E-state index is 5.68. The summed E-state index contributed by atoms with van der Waals surface area (Å²) in [6.07, 6.45) is 4.04. The average Bonchev–Trinajstić information content (AvgIpc) is 3.25. The molecular formula is C17H26O3. The fourth-order valence-electron chi connectivity index (χ4n) is 2.64. The summed E-state index contributed by atoms with van der Waals surface area (Å²) < 4.78 is 16.8. The zero-order chi connectivity index (χ0) is 14.5. The van der Waals surface area contributed by atoms with Crippen LogP contribution >= 0.6 is 0 Å². The van der Waals surface area contributed by atoms with Gasteiger partial charge in [0.15, 0.2) is 11.5 Å². The summed E-state index contributed by atoms with van der Waals surface area (Å²) in [4.78, 5) is 0. The van der Waals surface area contributed by atoms with Crippen molar-refractivity contribution in [3.63, 3.8) is 0 Å². The molecule has 1 fully saturated rings. The number of hydrogen-bond acceptors (Lipinski definition) is 3. The molecule has 1 aromatic carbocycles. The van der Waals surface area contributed by atoms with E-state index in [1.54, 1.807) is 7.11 Å². The zero-order valence-electron chi connectivity index (χ0n) is 13.0. The predicted molar refractivity (Wildman–Crippen MR) is 80.6 cm³/mol. The van der Waals surface area contributed by atoms with E-state index in [-0.39, 0.29) is 0 Å². The predicted octanol–water partition coefficient (Wildman–Crippen LogP) is 3.84. The lowest BCUT2D eigenvalue weighted by Crippen LogP contribution is -2.10. The molecule has 2 rings (SSSR count). The Morgan fingerprint density at radius 1 is 1.25 bits per heavy atom. The number of methoxy groups -OCH3 is 1. The summed E-state index contributed by atoms with van der Waals surface area (Å²) in [6.45, 7) is 7.26. The lowest BCUT2D eigenvalue weighted by atomic mass is 9.95. The van der Waals surface area contributed by atoms with Crippen LogP contribution in [0.15, 0.2) is 18.2 Å². The Bertz CT molecular complexity index is 430. The van der Waals surface area contributed by atoms with E-state index in [9.17, 15) is 0 Å². The summed E-state index contributed by atoms with van der Waals surface area (Å²) >= 11 is 0. The van der Waals surface area contributed by atoms with E-state index in [1.165, 1.54) is 5.56 Å². The van der Waals surface area contributed by atoms with Crippen molar-refractivity contribution in [3.05, 3.63) is 23.8 Å². The van der Waals surface area contributed by atoms with E-state index in [2.05, 4.69) is 32.9 Å². The topological polar surface area (TPSA) is 31.0 Å². The molecule has 3 atom stereocenters. The van der Waals surface area contributed by atoms with Crippen molar-refractivity contribution in [2.24, 2.45) is 5.92 Å². The Kier molecular flexibility index (Phi) is 5.30. The quantitative estimate of drug-likeness (QED) is 0.677. The largest absolute Gasteiger partial charge is 0.493 e. The minimum atomic E-state index is 0.432. The van der Waals surface area contributed by atoms with Crippen molar-refractivity contribution in [2.45, 2.75) is 52.2 Å². The molecule has 0 bridgehead atoms. The Labute approximate surface area is 122 Å². The van der Waals surface area contributed by atoms with Crippen LogP contribution in [0.2, 0.25) is 0 Å². The summed E-state index contributed by atoms with van der Waals surface area (Å²) in [5.74, 6) is 2.21. The second-order valence-electron chi connectivity index (χ2n) is 5.56. The Balaban J connectivity index is 1.98. The highest BCUT2D eigenvalue weighted by atomic mass is 16.6. The smallest absolute Gasteiger partial charge is 0.161 e. The van der Waals surface area contributed by atoms with Gasteiger partial charge in [-0.2, -0.15) is 0 Å². The first-order valence-corrected chi connectivity index (χ1v) is 7.64. The minimum Gasteiger partial charge on any atom is -0.493 e. The van der Waals surface area contributed by atoms with Crippen LogP contribution < -0.4 is 9.47 Å². The Morgan fingerprint density at radius 3 is 2.65 bits per heavy atom. The second kappa shape index (κ2) is 6.98. The number of benzene rings is 1. The van der Waals surface area contributed by atoms with Crippen LogP contribution in [0.1, 0.15) is 39.2 Å². The van der Waals surface area contributed by atoms with Gasteiger partial charge in [-0.1, -0.05) is 26.8 Å². The van der Waals surface area contributed by atoms with Gasteiger partial charge in [-0.15, -0.1) is 0 Å². The Hall–Kier alpha value is -1.22. The maximum Gasteiger partial charge on any atom is 0.161 e. The van der Waals surface area contributed by atoms with Crippen LogP contribution in [0.3, 0.4) is 0 Å². The van der Waals surface area contributed by atoms with Gasteiger partial charge in [0.25, 0.3) is 0 Å². The van der Waals surface area contributed by atoms with Gasteiger partial charge < -0.3 is 14.2 Å². The molecule has 0 aromatic heterocycles. The van der Waals surface area contributed by atoms with Gasteiger partial charge in [-0.05, 0) is 42.9 Å². The van der Waals surface area contributed by atoms with Gasteiger partial charge in [0.1, 0.15) is 0 Å². The van der Waals surface area contributed by atoms with Crippen LogP contribution in [0.25, 0.3) is 0 Å². The molecule has 0 N–H and O–H groups in total. The molecule has 1 aromatic rings. The summed E-state index contributed by atoms with van der Waals surface area (Å²) in [6, 6.07) is 6.24. The molecule has 0 saturated carbocycles. The van der Waals surface area contributed by atoms with Gasteiger partial charge in [-0.25, -0.2) is 0 Å². The third-order valence-electron chi connectivity index (χ3n) is 3.83. The lowest BCUT2D eigenvalue weighted by Gasteiger charge is -2.13. The van der Waals surface area contributed by atoms with Crippen molar-refractivity contribution in [2.75, 3.05) is 13.7 Å². The summed E-state index contributed by atoms with van der Waals surface area (Å²) in [7, 11) is 1.69. The monoisotopic (exact) mass is 278 g/mol. The van der Waals surface area contributed by atoms with Crippen molar-refractivity contribution in [3.8, 4) is 11.5 Å². The van der Waals surface area contributed by atoms with E-state index in [4.69, 9.17) is 14.2 Å². The zero-order valence-corrected chi connectivity index (χ0v) is 13.0. The molecule has 0 spiro atoms. The molecule has 1 heterocycles. The normalized spacial score (nSPS) is 22.4. The molecule has 1 saturated heterocycles. The third-order valence-corrected chi connectivity index (χ3v) is 3.83. The lowest BCUT2D eigenvalue weighted by molar-refractivity contribution is 0.293. The molecule has 1 aliphatic heterocycles. The molecule has 20 heavy (non-hydrogen) atoms. The highest BCUT2D eigenvalue weighted by molar-refractivity contribution is 5.43. The molecule has 112 valence electrons. The minimum absolute atomic E-state index is 0.432. The highest BCUT2D eigenvalue weighted by Crippen LogP contribution is 2.35. The van der Waals surface area contributed by atoms with E-state index in [1.807, 2.05) is 6.07 Å². The number of ether oxygens (including phenoxy) is 3. The number of rotatable bonds is 8. The first kappa shape index (κ1) is 15.2. The maximum absolute atomic E-state index is 5.68. The average molecular weight is 278 g/mol. The van der Waals surface area contributed by atoms with E-state index < -0.39 is 0 Å². The van der Waals surface area contributed by atoms with E-state index in [0.717, 1.165) is 37.4 Å². The second-order valence-corrected chi connectivity index (χ2v) is 5.56.